The van der Waals surface area contributed by atoms with Gasteiger partial charge in [0.15, 0.2) is 0 Å². The van der Waals surface area contributed by atoms with Crippen LogP contribution in [0.25, 0.3) is 0 Å². The number of hydrogen-bond donors (Lipinski definition) is 1. The highest BCUT2D eigenvalue weighted by molar-refractivity contribution is 7.99. The Kier molecular flexibility index (Phi) is 4.14. The lowest BCUT2D eigenvalue weighted by atomic mass is 9.84. The number of carbonyl (C=O) groups is 1. The Bertz CT molecular complexity index is 245. The minimum atomic E-state index is -0.364. The molecule has 2 atom stereocenters. The smallest absolute Gasteiger partial charge is 0.326 e. The summed E-state index contributed by atoms with van der Waals surface area (Å²) in [6.45, 7) is 0.953. The van der Waals surface area contributed by atoms with Crippen LogP contribution in [-0.2, 0) is 9.53 Å². The summed E-state index contributed by atoms with van der Waals surface area (Å²) in [4.78, 5) is 11.9. The zero-order valence-corrected chi connectivity index (χ0v) is 10.8. The van der Waals surface area contributed by atoms with Crippen molar-refractivity contribution in [1.29, 1.82) is 0 Å². The van der Waals surface area contributed by atoms with Crippen molar-refractivity contribution in [3.05, 3.63) is 0 Å². The van der Waals surface area contributed by atoms with Crippen LogP contribution >= 0.6 is 11.8 Å². The summed E-state index contributed by atoms with van der Waals surface area (Å²) in [5, 5.41) is 3.38. The van der Waals surface area contributed by atoms with Gasteiger partial charge in [-0.1, -0.05) is 0 Å². The molecule has 1 N–H and O–H groups in total. The van der Waals surface area contributed by atoms with Gasteiger partial charge in [0.25, 0.3) is 0 Å². The lowest BCUT2D eigenvalue weighted by Crippen LogP contribution is -2.50. The Balaban J connectivity index is 1.98. The van der Waals surface area contributed by atoms with E-state index < -0.39 is 0 Å². The quantitative estimate of drug-likeness (QED) is 0.767. The van der Waals surface area contributed by atoms with E-state index in [9.17, 15) is 4.79 Å². The van der Waals surface area contributed by atoms with Crippen molar-refractivity contribution in [2.24, 2.45) is 5.92 Å². The maximum Gasteiger partial charge on any atom is 0.326 e. The zero-order valence-electron chi connectivity index (χ0n) is 9.96. The van der Waals surface area contributed by atoms with Gasteiger partial charge >= 0.3 is 5.97 Å². The zero-order chi connectivity index (χ0) is 11.4. The molecule has 2 aliphatic heterocycles. The first-order chi connectivity index (χ1) is 7.77. The Morgan fingerprint density at radius 1 is 1.56 bits per heavy atom. The van der Waals surface area contributed by atoms with Crippen molar-refractivity contribution in [1.82, 2.24) is 5.32 Å². The van der Waals surface area contributed by atoms with E-state index in [1.807, 2.05) is 11.8 Å². The normalized spacial score (nSPS) is 34.9. The van der Waals surface area contributed by atoms with Crippen molar-refractivity contribution in [3.8, 4) is 0 Å². The molecule has 2 saturated heterocycles. The highest BCUT2D eigenvalue weighted by atomic mass is 32.2. The molecule has 2 aliphatic rings. The summed E-state index contributed by atoms with van der Waals surface area (Å²) < 4.78 is 4.97. The number of ether oxygens (including phenoxy) is 1. The van der Waals surface area contributed by atoms with E-state index >= 15 is 0 Å². The third-order valence-corrected chi connectivity index (χ3v) is 5.00. The molecule has 2 fully saturated rings. The molecule has 2 rings (SSSR count). The Morgan fingerprint density at radius 3 is 3.00 bits per heavy atom. The highest BCUT2D eigenvalue weighted by Crippen LogP contribution is 2.34. The SMILES string of the molecule is COC(=O)C1(CC2CCCSC2)CCCN1. The van der Waals surface area contributed by atoms with Crippen LogP contribution in [0.2, 0.25) is 0 Å². The van der Waals surface area contributed by atoms with Gasteiger partial charge in [-0.3, -0.25) is 4.79 Å². The van der Waals surface area contributed by atoms with Gasteiger partial charge in [-0.25, -0.2) is 0 Å². The molecule has 3 nitrogen and oxygen atoms in total. The number of hydrogen-bond acceptors (Lipinski definition) is 4. The third-order valence-electron chi connectivity index (χ3n) is 3.71. The largest absolute Gasteiger partial charge is 0.468 e. The monoisotopic (exact) mass is 243 g/mol. The fourth-order valence-corrected chi connectivity index (χ4v) is 4.05. The molecule has 0 aromatic rings. The van der Waals surface area contributed by atoms with Gasteiger partial charge < -0.3 is 10.1 Å². The summed E-state index contributed by atoms with van der Waals surface area (Å²) >= 11 is 2.02. The molecule has 0 aliphatic carbocycles. The molecule has 0 amide bonds. The molecule has 0 radical (unpaired) electrons. The molecular weight excluding hydrogens is 222 g/mol. The van der Waals surface area contributed by atoms with Crippen LogP contribution in [0, 0.1) is 5.92 Å². The van der Waals surface area contributed by atoms with Crippen LogP contribution in [0.15, 0.2) is 0 Å². The van der Waals surface area contributed by atoms with Gasteiger partial charge in [0.05, 0.1) is 7.11 Å². The Hall–Kier alpha value is -0.220. The second-order valence-corrected chi connectivity index (χ2v) is 6.04. The van der Waals surface area contributed by atoms with Crippen LogP contribution in [0.4, 0.5) is 0 Å². The van der Waals surface area contributed by atoms with E-state index in [2.05, 4.69) is 5.32 Å². The van der Waals surface area contributed by atoms with Gasteiger partial charge in [0, 0.05) is 0 Å². The lowest BCUT2D eigenvalue weighted by Gasteiger charge is -2.32. The first kappa shape index (κ1) is 12.2. The van der Waals surface area contributed by atoms with Crippen LogP contribution in [0.3, 0.4) is 0 Å². The lowest BCUT2D eigenvalue weighted by molar-refractivity contribution is -0.148. The predicted octanol–water partition coefficient (Wildman–Crippen LogP) is 1.81. The first-order valence-corrected chi connectivity index (χ1v) is 7.33. The van der Waals surface area contributed by atoms with E-state index in [-0.39, 0.29) is 11.5 Å². The minimum absolute atomic E-state index is 0.0550. The number of thioether (sulfide) groups is 1. The Labute approximate surface area is 102 Å². The molecule has 0 saturated carbocycles. The van der Waals surface area contributed by atoms with Crippen molar-refractivity contribution < 1.29 is 9.53 Å². The van der Waals surface area contributed by atoms with E-state index in [1.165, 1.54) is 31.5 Å². The fraction of sp³-hybridized carbons (Fsp3) is 0.917. The standard InChI is InChI=1S/C12H21NO2S/c1-15-11(14)12(5-3-6-13-12)8-10-4-2-7-16-9-10/h10,13H,2-9H2,1H3. The third kappa shape index (κ3) is 2.54. The van der Waals surface area contributed by atoms with Crippen LogP contribution in [-0.4, -0.2) is 36.7 Å². The highest BCUT2D eigenvalue weighted by Gasteiger charge is 2.43. The van der Waals surface area contributed by atoms with Gasteiger partial charge in [-0.15, -0.1) is 0 Å². The van der Waals surface area contributed by atoms with E-state index in [0.29, 0.717) is 5.92 Å². The molecule has 2 unspecified atom stereocenters. The second kappa shape index (κ2) is 5.41. The number of rotatable bonds is 3. The van der Waals surface area contributed by atoms with E-state index in [4.69, 9.17) is 4.74 Å². The number of esters is 1. The van der Waals surface area contributed by atoms with Crippen molar-refractivity contribution in [2.45, 2.75) is 37.6 Å². The summed E-state index contributed by atoms with van der Waals surface area (Å²) in [7, 11) is 1.50. The molecule has 0 aromatic carbocycles. The summed E-state index contributed by atoms with van der Waals surface area (Å²) in [6.07, 6.45) is 5.57. The number of carbonyl (C=O) groups excluding carboxylic acids is 1. The van der Waals surface area contributed by atoms with Gasteiger partial charge in [0.1, 0.15) is 5.54 Å². The van der Waals surface area contributed by atoms with Crippen LogP contribution in [0.5, 0.6) is 0 Å². The van der Waals surface area contributed by atoms with Crippen molar-refractivity contribution in [2.75, 3.05) is 25.2 Å². The fourth-order valence-electron chi connectivity index (χ4n) is 2.89. The molecule has 0 bridgehead atoms. The average molecular weight is 243 g/mol. The van der Waals surface area contributed by atoms with Crippen LogP contribution < -0.4 is 5.32 Å². The maximum absolute atomic E-state index is 11.9. The molecule has 4 heteroatoms. The van der Waals surface area contributed by atoms with Crippen LogP contribution in [0.1, 0.15) is 32.1 Å². The number of methoxy groups -OCH3 is 1. The van der Waals surface area contributed by atoms with Gasteiger partial charge in [-0.05, 0) is 56.1 Å². The molecule has 92 valence electrons. The minimum Gasteiger partial charge on any atom is -0.468 e. The Morgan fingerprint density at radius 2 is 2.44 bits per heavy atom. The molecule has 2 heterocycles. The summed E-state index contributed by atoms with van der Waals surface area (Å²) in [5.41, 5.74) is -0.364. The molecule has 0 spiro atoms. The van der Waals surface area contributed by atoms with E-state index in [0.717, 1.165) is 25.8 Å². The van der Waals surface area contributed by atoms with Crippen molar-refractivity contribution >= 4 is 17.7 Å². The van der Waals surface area contributed by atoms with Gasteiger partial charge in [-0.2, -0.15) is 11.8 Å². The second-order valence-electron chi connectivity index (χ2n) is 4.89. The summed E-state index contributed by atoms with van der Waals surface area (Å²) in [6, 6.07) is 0. The maximum atomic E-state index is 11.9. The van der Waals surface area contributed by atoms with Crippen molar-refractivity contribution in [3.63, 3.8) is 0 Å². The molecule has 0 aromatic heterocycles. The molecular formula is C12H21NO2S. The molecule has 16 heavy (non-hydrogen) atoms. The topological polar surface area (TPSA) is 38.3 Å². The predicted molar refractivity (Wildman–Crippen MR) is 66.6 cm³/mol. The van der Waals surface area contributed by atoms with E-state index in [1.54, 1.807) is 0 Å². The van der Waals surface area contributed by atoms with Gasteiger partial charge in [0.2, 0.25) is 0 Å². The number of nitrogens with one attached hydrogen (secondary N) is 1. The average Bonchev–Trinajstić information content (AvgIpc) is 2.79. The first-order valence-electron chi connectivity index (χ1n) is 6.18. The summed E-state index contributed by atoms with van der Waals surface area (Å²) in [5.74, 6) is 3.12.